The number of hydrogen-bond donors (Lipinski definition) is 5. The second-order valence-corrected chi connectivity index (χ2v) is 29.5. The van der Waals surface area contributed by atoms with E-state index in [-0.39, 0.29) is 16.5 Å². The van der Waals surface area contributed by atoms with Crippen LogP contribution in [0.15, 0.2) is 90.0 Å². The van der Waals surface area contributed by atoms with E-state index < -0.39 is 0 Å². The summed E-state index contributed by atoms with van der Waals surface area (Å²) in [5, 5.41) is 13.7. The zero-order chi connectivity index (χ0) is 58.4. The van der Waals surface area contributed by atoms with Crippen LogP contribution >= 0.6 is 0 Å². The summed E-state index contributed by atoms with van der Waals surface area (Å²) in [6.45, 7) is 51.2. The Labute approximate surface area is 482 Å². The molecule has 80 heavy (non-hydrogen) atoms. The number of aromatic nitrogens is 6. The third-order valence-electron chi connectivity index (χ3n) is 16.7. The van der Waals surface area contributed by atoms with Crippen LogP contribution in [0.1, 0.15) is 190 Å². The molecule has 13 heteroatoms. The zero-order valence-electron chi connectivity index (χ0n) is 52.8. The van der Waals surface area contributed by atoms with Gasteiger partial charge in [0.05, 0.1) is 35.8 Å². The highest BCUT2D eigenvalue weighted by Gasteiger charge is 2.39. The summed E-state index contributed by atoms with van der Waals surface area (Å²) in [6.07, 6.45) is 16.9. The first-order valence-corrected chi connectivity index (χ1v) is 29.9. The van der Waals surface area contributed by atoms with E-state index in [0.717, 1.165) is 76.6 Å². The quantitative estimate of drug-likeness (QED) is 0.110. The maximum absolute atomic E-state index is 5.64. The van der Waals surface area contributed by atoms with E-state index in [0.29, 0.717) is 28.5 Å². The highest BCUT2D eigenvalue weighted by Crippen LogP contribution is 2.36. The lowest BCUT2D eigenvalue weighted by molar-refractivity contribution is 0.0219. The van der Waals surface area contributed by atoms with Gasteiger partial charge in [0, 0.05) is 126 Å². The lowest BCUT2D eigenvalue weighted by Gasteiger charge is -2.41. The van der Waals surface area contributed by atoms with E-state index in [4.69, 9.17) is 4.74 Å². The molecule has 0 amide bonds. The normalized spacial score (nSPS) is 20.5. The lowest BCUT2D eigenvalue weighted by atomic mass is 9.73. The number of likely N-dealkylation sites (tertiary alicyclic amines) is 1. The summed E-state index contributed by atoms with van der Waals surface area (Å²) < 4.78 is 5.64. The Morgan fingerprint density at radius 3 is 1.91 bits per heavy atom. The Balaban J connectivity index is 0.000000140. The van der Waals surface area contributed by atoms with Crippen LogP contribution in [0.5, 0.6) is 0 Å². The van der Waals surface area contributed by atoms with E-state index in [9.17, 15) is 0 Å². The molecule has 0 radical (unpaired) electrons. The number of imidazole rings is 2. The van der Waals surface area contributed by atoms with Crippen LogP contribution < -0.4 is 5.32 Å². The smallest absolute Gasteiger partial charge is 0.180 e. The Morgan fingerprint density at radius 2 is 1.27 bits per heavy atom. The summed E-state index contributed by atoms with van der Waals surface area (Å²) in [7, 11) is 0. The molecule has 6 aromatic rings. The number of H-pyrrole nitrogens is 4. The summed E-state index contributed by atoms with van der Waals surface area (Å²) in [6, 6.07) is 17.9. The molecule has 3 atom stereocenters. The fourth-order valence-electron chi connectivity index (χ4n) is 11.4. The number of benzene rings is 2. The van der Waals surface area contributed by atoms with Gasteiger partial charge in [-0.2, -0.15) is 10.2 Å². The molecule has 2 aromatic carbocycles. The third kappa shape index (κ3) is 17.3. The average Bonchev–Trinajstić information content (AvgIpc) is 4.25. The van der Waals surface area contributed by atoms with Gasteiger partial charge in [-0.25, -0.2) is 9.97 Å². The molecule has 0 bridgehead atoms. The maximum Gasteiger partial charge on any atom is 0.180 e. The van der Waals surface area contributed by atoms with Gasteiger partial charge in [0.25, 0.3) is 0 Å². The van der Waals surface area contributed by atoms with Crippen LogP contribution in [0.3, 0.4) is 0 Å². The first kappa shape index (κ1) is 62.1. The van der Waals surface area contributed by atoms with Crippen LogP contribution in [0.2, 0.25) is 0 Å². The molecular formula is C67H104N12O. The first-order valence-electron chi connectivity index (χ1n) is 29.9. The number of rotatable bonds is 1. The predicted octanol–water partition coefficient (Wildman–Crippen LogP) is 14.5. The van der Waals surface area contributed by atoms with E-state index in [1.807, 2.05) is 12.5 Å². The zero-order valence-corrected chi connectivity index (χ0v) is 52.8. The molecule has 5 aliphatic heterocycles. The number of nitrogens with zero attached hydrogens (tertiary/aromatic N) is 7. The van der Waals surface area contributed by atoms with Crippen LogP contribution in [-0.2, 0) is 48.9 Å². The summed E-state index contributed by atoms with van der Waals surface area (Å²) >= 11 is 0. The fourth-order valence-corrected chi connectivity index (χ4v) is 11.4. The van der Waals surface area contributed by atoms with Crippen molar-refractivity contribution in [1.29, 1.82) is 0 Å². The number of hydrogen-bond acceptors (Lipinski definition) is 9. The van der Waals surface area contributed by atoms with Crippen molar-refractivity contribution in [3.05, 3.63) is 119 Å². The van der Waals surface area contributed by atoms with Crippen LogP contribution in [0.4, 0.5) is 0 Å². The van der Waals surface area contributed by atoms with Gasteiger partial charge in [-0.15, -0.1) is 0 Å². The predicted molar refractivity (Wildman–Crippen MR) is 337 cm³/mol. The Kier molecular flexibility index (Phi) is 19.7. The molecule has 5 N–H and O–H groups in total. The molecule has 2 saturated heterocycles. The van der Waals surface area contributed by atoms with Gasteiger partial charge in [0.15, 0.2) is 5.88 Å². The van der Waals surface area contributed by atoms with Crippen LogP contribution in [0.25, 0.3) is 21.8 Å². The molecule has 3 unspecified atom stereocenters. The van der Waals surface area contributed by atoms with Crippen molar-refractivity contribution in [2.24, 2.45) is 27.0 Å². The first-order chi connectivity index (χ1) is 37.3. The van der Waals surface area contributed by atoms with Gasteiger partial charge >= 0.3 is 0 Å². The van der Waals surface area contributed by atoms with Gasteiger partial charge < -0.3 is 30.0 Å². The Hall–Kier alpha value is -5.50. The maximum atomic E-state index is 5.64. The van der Waals surface area contributed by atoms with E-state index >= 15 is 0 Å². The number of aryl methyl sites for hydroxylation is 1. The SMILES string of the molecule is C=C1NC2CCN(C(C)(C)C)CC2O1.CC(C)(C)C1CCc2nc[nH]c2C1.CC(C)(C)CC1=NN=CC1.CC(C)(C)N1CCc2[nH]ccc2C1.CC(C)(C)N1CCc2nc[nH]c2C1.CC(C)(C)c1ccc2[nH]c3ccccc3c2c1. The third-order valence-corrected chi connectivity index (χ3v) is 16.7. The number of fused-ring (bicyclic) bond motifs is 7. The van der Waals surface area contributed by atoms with Gasteiger partial charge in [-0.1, -0.05) is 86.6 Å². The van der Waals surface area contributed by atoms with Crippen molar-refractivity contribution in [3.63, 3.8) is 0 Å². The molecule has 1 aliphatic carbocycles. The lowest BCUT2D eigenvalue weighted by Crippen LogP contribution is -2.54. The molecule has 13 nitrogen and oxygen atoms in total. The molecule has 0 saturated carbocycles. The molecule has 9 heterocycles. The van der Waals surface area contributed by atoms with E-state index in [2.05, 4.69) is 246 Å². The van der Waals surface area contributed by atoms with Crippen LogP contribution in [-0.4, -0.2) is 111 Å². The number of aromatic amines is 4. The van der Waals surface area contributed by atoms with Crippen LogP contribution in [0, 0.1) is 16.7 Å². The van der Waals surface area contributed by atoms with Gasteiger partial charge in [0.1, 0.15) is 6.10 Å². The minimum absolute atomic E-state index is 0.201. The van der Waals surface area contributed by atoms with E-state index in [1.165, 1.54) is 92.9 Å². The van der Waals surface area contributed by atoms with Crippen molar-refractivity contribution >= 4 is 33.7 Å². The topological polar surface area (TPSA) is 145 Å². The molecule has 2 fully saturated rings. The second kappa shape index (κ2) is 25.3. The minimum atomic E-state index is 0.201. The van der Waals surface area contributed by atoms with Gasteiger partial charge in [0.2, 0.25) is 0 Å². The van der Waals surface area contributed by atoms with Gasteiger partial charge in [-0.05, 0) is 159 Å². The second-order valence-electron chi connectivity index (χ2n) is 29.5. The molecule has 12 rings (SSSR count). The van der Waals surface area contributed by atoms with Gasteiger partial charge in [-0.3, -0.25) is 14.7 Å². The molecular weight excluding hydrogens is 989 g/mol. The summed E-state index contributed by atoms with van der Waals surface area (Å²) in [5.41, 5.74) is 14.9. The number of piperidine rings is 1. The number of nitrogens with one attached hydrogen (secondary N) is 5. The Morgan fingerprint density at radius 1 is 0.637 bits per heavy atom. The average molecular weight is 1090 g/mol. The van der Waals surface area contributed by atoms with Crippen molar-refractivity contribution < 1.29 is 4.74 Å². The monoisotopic (exact) mass is 1090 g/mol. The van der Waals surface area contributed by atoms with Crippen molar-refractivity contribution in [2.75, 3.05) is 26.2 Å². The van der Waals surface area contributed by atoms with Crippen molar-refractivity contribution in [3.8, 4) is 0 Å². The largest absolute Gasteiger partial charge is 0.473 e. The Bertz CT molecular complexity index is 2840. The standard InChI is InChI=1S/C16H17N.C11H20N2O.2C11H18N2.C10H17N3.C8H14N2/c1-16(2,3)11-8-9-15-13(10-11)12-6-4-5-7-14(12)17-15;1-8-12-9-5-6-13(11(2,3)4)7-10(9)14-8;1-11(2,3)13-7-5-10-9(8-13)4-6-12-10;1-11(2,3)8-4-5-9-10(6-8)13-7-12-9;1-10(2,3)13-5-4-8-9(6-13)12-7-11-8;1-8(2,3)6-7-4-5-9-10-7/h4-10,17H,1-3H3;9-10,12H,1,5-7H2,2-4H3;4,6,12H,5,7-8H2,1-3H3;7-8H,4-6H2,1-3H3,(H,12,13);7H,4-6H2,1-3H3,(H,11,12);5H,4,6H2,1-3H3. The molecule has 6 aliphatic rings. The molecule has 0 spiro atoms. The number of ether oxygens (including phenoxy) is 1. The number of para-hydroxylation sites is 1. The van der Waals surface area contributed by atoms with E-state index in [1.54, 1.807) is 6.33 Å². The highest BCUT2D eigenvalue weighted by atomic mass is 16.5. The summed E-state index contributed by atoms with van der Waals surface area (Å²) in [5.74, 6) is 1.55. The highest BCUT2D eigenvalue weighted by molar-refractivity contribution is 6.07. The van der Waals surface area contributed by atoms with Crippen molar-refractivity contribution in [2.45, 2.75) is 223 Å². The summed E-state index contributed by atoms with van der Waals surface area (Å²) in [4.78, 5) is 29.3. The minimum Gasteiger partial charge on any atom is -0.473 e. The molecule has 438 valence electrons. The fraction of sp³-hybridized carbons (Fsp3) is 0.612. The molecule has 4 aromatic heterocycles. The van der Waals surface area contributed by atoms with Crippen molar-refractivity contribution in [1.82, 2.24) is 49.9 Å².